The Morgan fingerprint density at radius 2 is 1.62 bits per heavy atom. The molecule has 0 bridgehead atoms. The molecule has 1 aliphatic heterocycles. The Balaban J connectivity index is 1.67. The van der Waals surface area contributed by atoms with Crippen LogP contribution in [0.3, 0.4) is 0 Å². The van der Waals surface area contributed by atoms with Gasteiger partial charge in [-0.1, -0.05) is 54.1 Å². The zero-order valence-electron chi connectivity index (χ0n) is 17.9. The number of carbonyl (C=O) groups excluding carboxylic acids is 1. The SMILES string of the molecule is Cc1cc2oc3c(c(=O)c2cc1C)C(c1ccc(Cl)cc1)N(CCc1ccccc1)C3=O. The second-order valence-corrected chi connectivity index (χ2v) is 8.73. The van der Waals surface area contributed by atoms with E-state index in [0.717, 1.165) is 22.3 Å². The van der Waals surface area contributed by atoms with Gasteiger partial charge in [0.05, 0.1) is 17.0 Å². The Hall–Kier alpha value is -3.37. The van der Waals surface area contributed by atoms with E-state index in [2.05, 4.69) is 0 Å². The zero-order valence-corrected chi connectivity index (χ0v) is 18.6. The maximum Gasteiger partial charge on any atom is 0.290 e. The fraction of sp³-hybridized carbons (Fsp3) is 0.185. The van der Waals surface area contributed by atoms with Crippen LogP contribution < -0.4 is 5.43 Å². The van der Waals surface area contributed by atoms with Crippen molar-refractivity contribution in [2.75, 3.05) is 6.54 Å². The summed E-state index contributed by atoms with van der Waals surface area (Å²) in [5.74, 6) is -0.119. The van der Waals surface area contributed by atoms with Gasteiger partial charge in [-0.05, 0) is 66.8 Å². The molecular weight excluding hydrogens is 422 g/mol. The highest BCUT2D eigenvalue weighted by atomic mass is 35.5. The minimum absolute atomic E-state index is 0.138. The summed E-state index contributed by atoms with van der Waals surface area (Å²) in [5.41, 5.74) is 4.69. The van der Waals surface area contributed by atoms with E-state index in [1.54, 1.807) is 17.0 Å². The molecule has 0 fully saturated rings. The third kappa shape index (κ3) is 3.41. The van der Waals surface area contributed by atoms with Gasteiger partial charge in [-0.15, -0.1) is 0 Å². The van der Waals surface area contributed by atoms with Gasteiger partial charge in [0.2, 0.25) is 5.76 Å². The van der Waals surface area contributed by atoms with Gasteiger partial charge in [0.25, 0.3) is 5.91 Å². The molecule has 0 saturated carbocycles. The highest BCUT2D eigenvalue weighted by Gasteiger charge is 2.42. The topological polar surface area (TPSA) is 50.5 Å². The summed E-state index contributed by atoms with van der Waals surface area (Å²) in [6, 6.07) is 20.5. The smallest absolute Gasteiger partial charge is 0.290 e. The van der Waals surface area contributed by atoms with Crippen molar-refractivity contribution in [2.45, 2.75) is 26.3 Å². The van der Waals surface area contributed by atoms with Gasteiger partial charge in [-0.25, -0.2) is 0 Å². The number of halogens is 1. The summed E-state index contributed by atoms with van der Waals surface area (Å²) < 4.78 is 6.07. The van der Waals surface area contributed by atoms with Gasteiger partial charge >= 0.3 is 0 Å². The van der Waals surface area contributed by atoms with Crippen LogP contribution in [-0.4, -0.2) is 17.4 Å². The second-order valence-electron chi connectivity index (χ2n) is 8.29. The number of carbonyl (C=O) groups is 1. The lowest BCUT2D eigenvalue weighted by Crippen LogP contribution is -2.31. The molecule has 0 saturated heterocycles. The van der Waals surface area contributed by atoms with Crippen LogP contribution in [0.1, 0.15) is 44.4 Å². The van der Waals surface area contributed by atoms with E-state index < -0.39 is 6.04 Å². The quantitative estimate of drug-likeness (QED) is 0.397. The number of aryl methyl sites for hydroxylation is 2. The van der Waals surface area contributed by atoms with Gasteiger partial charge in [0.15, 0.2) is 5.43 Å². The van der Waals surface area contributed by atoms with Gasteiger partial charge in [0.1, 0.15) is 5.58 Å². The molecule has 5 rings (SSSR count). The summed E-state index contributed by atoms with van der Waals surface area (Å²) in [6.07, 6.45) is 0.677. The predicted molar refractivity (Wildman–Crippen MR) is 126 cm³/mol. The first kappa shape index (κ1) is 20.5. The molecule has 1 amide bonds. The molecule has 1 aliphatic rings. The minimum atomic E-state index is -0.513. The van der Waals surface area contributed by atoms with E-state index in [1.807, 2.05) is 68.4 Å². The lowest BCUT2D eigenvalue weighted by atomic mass is 9.97. The molecule has 1 atom stereocenters. The average molecular weight is 444 g/mol. The fourth-order valence-electron chi connectivity index (χ4n) is 4.39. The molecule has 0 radical (unpaired) electrons. The van der Waals surface area contributed by atoms with Gasteiger partial charge in [-0.2, -0.15) is 0 Å². The maximum atomic E-state index is 13.6. The number of rotatable bonds is 4. The molecule has 4 aromatic rings. The fourth-order valence-corrected chi connectivity index (χ4v) is 4.52. The first-order valence-electron chi connectivity index (χ1n) is 10.6. The monoisotopic (exact) mass is 443 g/mol. The number of benzene rings is 3. The third-order valence-corrected chi connectivity index (χ3v) is 6.50. The van der Waals surface area contributed by atoms with Crippen molar-refractivity contribution >= 4 is 28.5 Å². The lowest BCUT2D eigenvalue weighted by Gasteiger charge is -2.25. The maximum absolute atomic E-state index is 13.6. The predicted octanol–water partition coefficient (Wildman–Crippen LogP) is 5.85. The van der Waals surface area contributed by atoms with E-state index in [1.165, 1.54) is 0 Å². The molecule has 4 nitrogen and oxygen atoms in total. The van der Waals surface area contributed by atoms with Crippen LogP contribution in [0.4, 0.5) is 0 Å². The summed E-state index contributed by atoms with van der Waals surface area (Å²) in [4.78, 5) is 28.9. The molecule has 0 N–H and O–H groups in total. The molecule has 0 aliphatic carbocycles. The Kier molecular flexibility index (Phi) is 5.10. The van der Waals surface area contributed by atoms with Gasteiger partial charge in [-0.3, -0.25) is 9.59 Å². The molecule has 0 spiro atoms. The van der Waals surface area contributed by atoms with E-state index in [0.29, 0.717) is 34.5 Å². The van der Waals surface area contributed by atoms with Crippen molar-refractivity contribution in [1.29, 1.82) is 0 Å². The van der Waals surface area contributed by atoms with Crippen LogP contribution in [-0.2, 0) is 6.42 Å². The van der Waals surface area contributed by atoms with Crippen LogP contribution in [0, 0.1) is 13.8 Å². The molecule has 32 heavy (non-hydrogen) atoms. The summed E-state index contributed by atoms with van der Waals surface area (Å²) in [6.45, 7) is 4.40. The Labute approximate surface area is 191 Å². The second kappa shape index (κ2) is 7.95. The van der Waals surface area contributed by atoms with E-state index in [4.69, 9.17) is 16.0 Å². The van der Waals surface area contributed by atoms with Crippen LogP contribution >= 0.6 is 11.6 Å². The normalized spacial score (nSPS) is 15.4. The summed E-state index contributed by atoms with van der Waals surface area (Å²) in [5, 5.41) is 1.11. The minimum Gasteiger partial charge on any atom is -0.450 e. The standard InChI is InChI=1S/C27H22ClNO3/c1-16-14-21-22(15-17(16)2)32-26-23(25(21)30)24(19-8-10-20(28)11-9-19)29(27(26)31)13-12-18-6-4-3-5-7-18/h3-11,14-15,24H,12-13H2,1-2H3. The largest absolute Gasteiger partial charge is 0.450 e. The first-order chi connectivity index (χ1) is 15.4. The van der Waals surface area contributed by atoms with Crippen molar-refractivity contribution in [3.63, 3.8) is 0 Å². The van der Waals surface area contributed by atoms with E-state index >= 15 is 0 Å². The number of nitrogens with zero attached hydrogens (tertiary/aromatic N) is 1. The van der Waals surface area contributed by atoms with E-state index in [-0.39, 0.29) is 17.1 Å². The number of fused-ring (bicyclic) bond motifs is 2. The Morgan fingerprint density at radius 1 is 0.938 bits per heavy atom. The van der Waals surface area contributed by atoms with Gasteiger partial charge < -0.3 is 9.32 Å². The van der Waals surface area contributed by atoms with Gasteiger partial charge in [0, 0.05) is 11.6 Å². The molecule has 5 heteroatoms. The Bertz CT molecular complexity index is 1390. The van der Waals surface area contributed by atoms with Crippen LogP contribution in [0.15, 0.2) is 75.9 Å². The van der Waals surface area contributed by atoms with Crippen LogP contribution in [0.25, 0.3) is 11.0 Å². The molecule has 2 heterocycles. The highest BCUT2D eigenvalue weighted by molar-refractivity contribution is 6.30. The van der Waals surface area contributed by atoms with Crippen molar-refractivity contribution < 1.29 is 9.21 Å². The average Bonchev–Trinajstić information content (AvgIpc) is 3.07. The molecule has 3 aromatic carbocycles. The van der Waals surface area contributed by atoms with Crippen LogP contribution in [0.2, 0.25) is 5.02 Å². The summed E-state index contributed by atoms with van der Waals surface area (Å²) in [7, 11) is 0. The Morgan fingerprint density at radius 3 is 2.34 bits per heavy atom. The lowest BCUT2D eigenvalue weighted by molar-refractivity contribution is 0.0730. The van der Waals surface area contributed by atoms with Crippen molar-refractivity contribution in [2.24, 2.45) is 0 Å². The molecule has 1 unspecified atom stereocenters. The summed E-state index contributed by atoms with van der Waals surface area (Å²) >= 11 is 6.11. The number of hydrogen-bond acceptors (Lipinski definition) is 3. The first-order valence-corrected chi connectivity index (χ1v) is 11.0. The molecular formula is C27H22ClNO3. The third-order valence-electron chi connectivity index (χ3n) is 6.25. The number of hydrogen-bond donors (Lipinski definition) is 0. The van der Waals surface area contributed by atoms with Crippen molar-refractivity contribution in [1.82, 2.24) is 4.90 Å². The van der Waals surface area contributed by atoms with Crippen LogP contribution in [0.5, 0.6) is 0 Å². The van der Waals surface area contributed by atoms with Crippen molar-refractivity contribution in [3.8, 4) is 0 Å². The zero-order chi connectivity index (χ0) is 22.4. The highest BCUT2D eigenvalue weighted by Crippen LogP contribution is 2.38. The number of amides is 1. The molecule has 1 aromatic heterocycles. The van der Waals surface area contributed by atoms with E-state index in [9.17, 15) is 9.59 Å². The molecule has 160 valence electrons. The van der Waals surface area contributed by atoms with Crippen molar-refractivity contribution in [3.05, 3.63) is 116 Å².